The first-order chi connectivity index (χ1) is 58.5. The van der Waals surface area contributed by atoms with Gasteiger partial charge in [0.15, 0.2) is 0 Å². The summed E-state index contributed by atoms with van der Waals surface area (Å²) in [5.74, 6) is 0. The SMILES string of the molecule is c1ccc(-c2ccc(-c3c(-c4ccc(N(c5ccc(-c6ccccc6)cc5)c5ccc6c7ccccc7c7ccccc7c6c5)cc4)ccc4c3sc3ccc(-c5ccc(-c6ccc(N(c7ccc8c9ccccc9c9ccccc9c8c7)c7ccc8c(sc9ccccc98)c7-c7ccc(-c8ccccc8)cc7)cc6)cc5)cc34)cc2)cc1. The fraction of sp³-hybridized carbons (Fsp3) is 0. The lowest BCUT2D eigenvalue weighted by Gasteiger charge is -2.29. The van der Waals surface area contributed by atoms with Crippen LogP contribution in [0.15, 0.2) is 437 Å². The van der Waals surface area contributed by atoms with Gasteiger partial charge in [0.25, 0.3) is 0 Å². The quantitative estimate of drug-likeness (QED) is 0.100. The van der Waals surface area contributed by atoms with Gasteiger partial charge >= 0.3 is 0 Å². The molecule has 0 radical (unpaired) electrons. The average Bonchev–Trinajstić information content (AvgIpc) is 0.912. The standard InChI is InChI=1S/C114H72N2S2/c1-4-20-73(21-5-1)76-40-44-83(45-41-76)111-91(82-52-59-87(60-53-82)115(86-55-48-79(49-56-86)75-24-8-3-9-25-75)89-61-63-100-96-30-12-10-26-92(96)94-28-14-16-32-98(94)105(100)71-89)65-66-104-107-70-85(54-69-110(107)118-113(104)111)81-38-36-78(37-39-81)80-50-57-88(58-51-80)116(90-62-64-101-97-31-13-11-27-93(97)95-29-15-17-33-99(95)106(101)72-90)108-68-67-103-102-34-18-19-35-109(102)117-114(103)112(108)84-46-42-77(43-47-84)74-22-6-2-7-23-74/h1-72H. The van der Waals surface area contributed by atoms with Crippen LogP contribution in [0.2, 0.25) is 0 Å². The van der Waals surface area contributed by atoms with Gasteiger partial charge in [0.05, 0.1) is 5.69 Å². The first-order valence-corrected chi connectivity index (χ1v) is 42.1. The number of hydrogen-bond acceptors (Lipinski definition) is 4. The van der Waals surface area contributed by atoms with Gasteiger partial charge < -0.3 is 9.80 Å². The first kappa shape index (κ1) is 68.8. The zero-order valence-corrected chi connectivity index (χ0v) is 65.9. The van der Waals surface area contributed by atoms with Crippen LogP contribution in [0.3, 0.4) is 0 Å². The Bertz CT molecular complexity index is 7780. The summed E-state index contributed by atoms with van der Waals surface area (Å²) in [7, 11) is 0. The third kappa shape index (κ3) is 11.8. The highest BCUT2D eigenvalue weighted by Crippen LogP contribution is 2.53. The van der Waals surface area contributed by atoms with Gasteiger partial charge in [0, 0.05) is 79.9 Å². The highest BCUT2D eigenvalue weighted by molar-refractivity contribution is 7.26. The highest BCUT2D eigenvalue weighted by Gasteiger charge is 2.26. The molecule has 2 heterocycles. The van der Waals surface area contributed by atoms with Crippen LogP contribution in [-0.2, 0) is 0 Å². The monoisotopic (exact) mass is 1530 g/mol. The molecular weight excluding hydrogens is 1460 g/mol. The number of anilines is 6. The van der Waals surface area contributed by atoms with E-state index in [1.165, 1.54) is 177 Å². The molecule has 0 aliphatic rings. The van der Waals surface area contributed by atoms with Crippen molar-refractivity contribution in [3.63, 3.8) is 0 Å². The van der Waals surface area contributed by atoms with Crippen molar-refractivity contribution in [1.82, 2.24) is 0 Å². The third-order valence-electron chi connectivity index (χ3n) is 24.3. The van der Waals surface area contributed by atoms with Crippen molar-refractivity contribution in [3.8, 4) is 89.0 Å². The largest absolute Gasteiger partial charge is 0.310 e. The fourth-order valence-electron chi connectivity index (χ4n) is 18.5. The maximum absolute atomic E-state index is 2.50. The lowest BCUT2D eigenvalue weighted by atomic mass is 9.91. The van der Waals surface area contributed by atoms with Gasteiger partial charge in [-0.3, -0.25) is 0 Å². The minimum absolute atomic E-state index is 1.07. The van der Waals surface area contributed by atoms with Crippen molar-refractivity contribution in [2.75, 3.05) is 9.80 Å². The Balaban J connectivity index is 0.610. The van der Waals surface area contributed by atoms with E-state index in [2.05, 4.69) is 447 Å². The maximum Gasteiger partial charge on any atom is 0.0554 e. The molecule has 0 atom stereocenters. The molecule has 0 N–H and O–H groups in total. The Morgan fingerprint density at radius 2 is 0.424 bits per heavy atom. The Hall–Kier alpha value is -14.8. The minimum atomic E-state index is 1.07. The van der Waals surface area contributed by atoms with E-state index < -0.39 is 0 Å². The smallest absolute Gasteiger partial charge is 0.0554 e. The van der Waals surface area contributed by atoms with Crippen LogP contribution in [0.1, 0.15) is 0 Å². The van der Waals surface area contributed by atoms with Crippen LogP contribution in [0, 0.1) is 0 Å². The molecule has 0 aliphatic carbocycles. The second-order valence-corrected chi connectivity index (χ2v) is 33.0. The molecule has 0 aliphatic heterocycles. The molecule has 118 heavy (non-hydrogen) atoms. The Labute approximate surface area is 692 Å². The Kier molecular flexibility index (Phi) is 16.7. The number of rotatable bonds is 14. The Morgan fingerprint density at radius 3 is 0.873 bits per heavy atom. The van der Waals surface area contributed by atoms with Crippen LogP contribution in [0.4, 0.5) is 34.1 Å². The van der Waals surface area contributed by atoms with Crippen molar-refractivity contribution in [2.24, 2.45) is 0 Å². The summed E-state index contributed by atoms with van der Waals surface area (Å²) in [5.41, 5.74) is 25.5. The van der Waals surface area contributed by atoms with Gasteiger partial charge in [0.1, 0.15) is 0 Å². The van der Waals surface area contributed by atoms with Gasteiger partial charge in [-0.25, -0.2) is 0 Å². The molecule has 21 aromatic carbocycles. The van der Waals surface area contributed by atoms with Crippen LogP contribution in [-0.4, -0.2) is 0 Å². The molecule has 23 rings (SSSR count). The second-order valence-electron chi connectivity index (χ2n) is 30.9. The number of thiophene rings is 2. The molecule has 0 saturated heterocycles. The molecule has 550 valence electrons. The zero-order valence-electron chi connectivity index (χ0n) is 64.3. The molecule has 0 amide bonds. The van der Waals surface area contributed by atoms with Crippen LogP contribution in [0.5, 0.6) is 0 Å². The van der Waals surface area contributed by atoms with E-state index in [1.54, 1.807) is 0 Å². The lowest BCUT2D eigenvalue weighted by Crippen LogP contribution is -2.11. The highest BCUT2D eigenvalue weighted by atomic mass is 32.1. The van der Waals surface area contributed by atoms with Crippen molar-refractivity contribution in [1.29, 1.82) is 0 Å². The molecular formula is C114H72N2S2. The topological polar surface area (TPSA) is 6.48 Å². The maximum atomic E-state index is 2.50. The summed E-state index contributed by atoms with van der Waals surface area (Å²) in [5, 5.41) is 20.1. The van der Waals surface area contributed by atoms with E-state index >= 15 is 0 Å². The second kappa shape index (κ2) is 28.6. The van der Waals surface area contributed by atoms with Crippen LogP contribution >= 0.6 is 22.7 Å². The summed E-state index contributed by atoms with van der Waals surface area (Å²) in [4.78, 5) is 4.92. The number of benzene rings is 21. The summed E-state index contributed by atoms with van der Waals surface area (Å²) in [6, 6.07) is 162. The average molecular weight is 1530 g/mol. The molecule has 23 aromatic rings. The van der Waals surface area contributed by atoms with Crippen molar-refractivity contribution >= 4 is 162 Å². The van der Waals surface area contributed by atoms with E-state index in [1.807, 2.05) is 22.7 Å². The van der Waals surface area contributed by atoms with Gasteiger partial charge in [-0.2, -0.15) is 0 Å². The van der Waals surface area contributed by atoms with Crippen molar-refractivity contribution < 1.29 is 0 Å². The van der Waals surface area contributed by atoms with E-state index in [0.29, 0.717) is 0 Å². The van der Waals surface area contributed by atoms with Gasteiger partial charge in [-0.1, -0.05) is 352 Å². The van der Waals surface area contributed by atoms with Crippen LogP contribution < -0.4 is 9.80 Å². The summed E-state index contributed by atoms with van der Waals surface area (Å²) in [6.45, 7) is 0. The molecule has 0 spiro atoms. The van der Waals surface area contributed by atoms with E-state index in [9.17, 15) is 0 Å². The first-order valence-electron chi connectivity index (χ1n) is 40.5. The van der Waals surface area contributed by atoms with Crippen molar-refractivity contribution in [2.45, 2.75) is 0 Å². The number of nitrogens with zero attached hydrogens (tertiary/aromatic N) is 2. The zero-order chi connectivity index (χ0) is 77.7. The summed E-state index contributed by atoms with van der Waals surface area (Å²) >= 11 is 3.77. The molecule has 0 bridgehead atoms. The molecule has 2 aromatic heterocycles. The van der Waals surface area contributed by atoms with Gasteiger partial charge in [-0.15, -0.1) is 22.7 Å². The minimum Gasteiger partial charge on any atom is -0.310 e. The molecule has 0 unspecified atom stereocenters. The van der Waals surface area contributed by atoms with Crippen molar-refractivity contribution in [3.05, 3.63) is 437 Å². The molecule has 0 saturated carbocycles. The molecule has 4 heteroatoms. The fourth-order valence-corrected chi connectivity index (χ4v) is 21.1. The van der Waals surface area contributed by atoms with E-state index in [4.69, 9.17) is 0 Å². The Morgan fingerprint density at radius 1 is 0.144 bits per heavy atom. The number of hydrogen-bond donors (Lipinski definition) is 0. The summed E-state index contributed by atoms with van der Waals surface area (Å²) in [6.07, 6.45) is 0. The van der Waals surface area contributed by atoms with E-state index in [0.717, 1.165) is 50.8 Å². The normalized spacial score (nSPS) is 11.7. The lowest BCUT2D eigenvalue weighted by molar-refractivity contribution is 1.29. The van der Waals surface area contributed by atoms with Gasteiger partial charge in [0.2, 0.25) is 0 Å². The van der Waals surface area contributed by atoms with E-state index in [-0.39, 0.29) is 0 Å². The van der Waals surface area contributed by atoms with Gasteiger partial charge in [-0.05, 0) is 227 Å². The predicted octanol–water partition coefficient (Wildman–Crippen LogP) is 33.6. The third-order valence-corrected chi connectivity index (χ3v) is 26.7. The number of fused-ring (bicyclic) bond motifs is 18. The molecule has 0 fully saturated rings. The summed E-state index contributed by atoms with van der Waals surface area (Å²) < 4.78 is 5.07. The van der Waals surface area contributed by atoms with Crippen LogP contribution in [0.25, 0.3) is 194 Å². The predicted molar refractivity (Wildman–Crippen MR) is 510 cm³/mol. The molecule has 2 nitrogen and oxygen atoms in total.